The van der Waals surface area contributed by atoms with Crippen LogP contribution in [0, 0.1) is 55.4 Å². The summed E-state index contributed by atoms with van der Waals surface area (Å²) in [5.74, 6) is 0. The number of rotatable bonds is 3. The van der Waals surface area contributed by atoms with Gasteiger partial charge in [-0.1, -0.05) is 78.9 Å². The maximum atomic E-state index is 6.34. The van der Waals surface area contributed by atoms with Crippen LogP contribution in [0.15, 0.2) is 114 Å². The number of furan rings is 1. The highest BCUT2D eigenvalue weighted by molar-refractivity contribution is 6.27. The van der Waals surface area contributed by atoms with Crippen LogP contribution in [-0.2, 0) is 0 Å². The molecular formula is C50H42O. The van der Waals surface area contributed by atoms with Gasteiger partial charge in [-0.2, -0.15) is 0 Å². The monoisotopic (exact) mass is 658 g/mol. The van der Waals surface area contributed by atoms with Gasteiger partial charge in [0.15, 0.2) is 0 Å². The summed E-state index contributed by atoms with van der Waals surface area (Å²) in [4.78, 5) is 0. The Morgan fingerprint density at radius 1 is 0.333 bits per heavy atom. The Bertz CT molecular complexity index is 2840. The molecule has 0 unspecified atom stereocenters. The molecule has 0 atom stereocenters. The average molecular weight is 659 g/mol. The van der Waals surface area contributed by atoms with Gasteiger partial charge in [0.2, 0.25) is 0 Å². The van der Waals surface area contributed by atoms with Crippen molar-refractivity contribution >= 4 is 54.3 Å². The minimum atomic E-state index is 0.925. The van der Waals surface area contributed by atoms with Crippen molar-refractivity contribution in [2.45, 2.75) is 55.4 Å². The Morgan fingerprint density at radius 2 is 0.843 bits per heavy atom. The fourth-order valence-corrected chi connectivity index (χ4v) is 8.88. The molecule has 1 heteroatoms. The van der Waals surface area contributed by atoms with E-state index in [2.05, 4.69) is 165 Å². The van der Waals surface area contributed by atoms with E-state index in [4.69, 9.17) is 4.42 Å². The van der Waals surface area contributed by atoms with Crippen LogP contribution < -0.4 is 0 Å². The second-order valence-electron chi connectivity index (χ2n) is 14.7. The Kier molecular flexibility index (Phi) is 7.03. The summed E-state index contributed by atoms with van der Waals surface area (Å²) in [5, 5.41) is 10.3. The Balaban J connectivity index is 1.56. The molecule has 0 spiro atoms. The Labute approximate surface area is 300 Å². The lowest BCUT2D eigenvalue weighted by Crippen LogP contribution is -2.04. The van der Waals surface area contributed by atoms with Crippen LogP contribution in [0.2, 0.25) is 0 Å². The normalized spacial score (nSPS) is 11.9. The number of benzene rings is 8. The minimum absolute atomic E-state index is 0.925. The summed E-state index contributed by atoms with van der Waals surface area (Å²) >= 11 is 0. The van der Waals surface area contributed by atoms with Crippen molar-refractivity contribution in [3.05, 3.63) is 154 Å². The number of aryl methyl sites for hydroxylation is 4. The molecule has 0 saturated carbocycles. The second kappa shape index (κ2) is 11.4. The van der Waals surface area contributed by atoms with Gasteiger partial charge in [0, 0.05) is 10.8 Å². The third-order valence-electron chi connectivity index (χ3n) is 12.3. The van der Waals surface area contributed by atoms with Crippen molar-refractivity contribution in [3.63, 3.8) is 0 Å². The smallest absolute Gasteiger partial charge is 0.135 e. The van der Waals surface area contributed by atoms with Crippen molar-refractivity contribution in [2.24, 2.45) is 0 Å². The largest absolute Gasteiger partial charge is 0.456 e. The molecule has 248 valence electrons. The van der Waals surface area contributed by atoms with Crippen molar-refractivity contribution < 1.29 is 4.42 Å². The molecule has 0 aliphatic heterocycles. The fourth-order valence-electron chi connectivity index (χ4n) is 8.88. The van der Waals surface area contributed by atoms with Gasteiger partial charge in [-0.25, -0.2) is 0 Å². The predicted octanol–water partition coefficient (Wildman–Crippen LogP) is 14.5. The van der Waals surface area contributed by atoms with E-state index in [0.717, 1.165) is 21.9 Å². The molecule has 0 aliphatic rings. The maximum Gasteiger partial charge on any atom is 0.135 e. The molecule has 8 aromatic carbocycles. The standard InChI is InChI=1S/C50H42O/c1-27-29(3)33(7)47-45(31(27)5)49(37-22-23-44-41(25-37)40-20-14-15-21-43(40)51-44)46-32(6)28(2)30(4)34(8)48(46)50(47)42-26-38(35-16-10-9-11-17-35)24-36-18-12-13-19-39(36)42/h9-26H,1-8H3. The molecule has 0 aliphatic carbocycles. The summed E-state index contributed by atoms with van der Waals surface area (Å²) in [6.45, 7) is 18.6. The number of hydrogen-bond acceptors (Lipinski definition) is 1. The summed E-state index contributed by atoms with van der Waals surface area (Å²) in [7, 11) is 0. The molecule has 1 heterocycles. The van der Waals surface area contributed by atoms with Crippen LogP contribution >= 0.6 is 0 Å². The topological polar surface area (TPSA) is 13.1 Å². The number of fused-ring (bicyclic) bond motifs is 6. The van der Waals surface area contributed by atoms with Crippen LogP contribution in [0.1, 0.15) is 44.5 Å². The highest BCUT2D eigenvalue weighted by atomic mass is 16.3. The van der Waals surface area contributed by atoms with Gasteiger partial charge in [-0.15, -0.1) is 0 Å². The van der Waals surface area contributed by atoms with E-state index < -0.39 is 0 Å². The van der Waals surface area contributed by atoms with Gasteiger partial charge in [0.25, 0.3) is 0 Å². The van der Waals surface area contributed by atoms with E-state index in [1.807, 2.05) is 0 Å². The van der Waals surface area contributed by atoms with Crippen LogP contribution in [0.4, 0.5) is 0 Å². The van der Waals surface area contributed by atoms with E-state index in [-0.39, 0.29) is 0 Å². The molecule has 9 aromatic rings. The van der Waals surface area contributed by atoms with E-state index >= 15 is 0 Å². The Morgan fingerprint density at radius 3 is 1.47 bits per heavy atom. The summed E-state index contributed by atoms with van der Waals surface area (Å²) in [6, 6.07) is 39.9. The second-order valence-corrected chi connectivity index (χ2v) is 14.7. The highest BCUT2D eigenvalue weighted by Crippen LogP contribution is 2.52. The Hall–Kier alpha value is -5.66. The average Bonchev–Trinajstić information content (AvgIpc) is 3.54. The van der Waals surface area contributed by atoms with Crippen LogP contribution in [-0.4, -0.2) is 0 Å². The van der Waals surface area contributed by atoms with Crippen LogP contribution in [0.25, 0.3) is 87.6 Å². The SMILES string of the molecule is Cc1c(C)c(C)c2c(-c3cc(-c4ccccc4)cc4ccccc34)c3c(C)c(C)c(C)c(C)c3c(-c3ccc4oc5ccccc5c4c3)c2c1C. The third-order valence-corrected chi connectivity index (χ3v) is 12.3. The first-order valence-corrected chi connectivity index (χ1v) is 18.1. The van der Waals surface area contributed by atoms with E-state index in [1.54, 1.807) is 0 Å². The molecule has 1 nitrogen and oxygen atoms in total. The maximum absolute atomic E-state index is 6.34. The van der Waals surface area contributed by atoms with Crippen molar-refractivity contribution in [2.75, 3.05) is 0 Å². The zero-order valence-corrected chi connectivity index (χ0v) is 30.8. The summed E-state index contributed by atoms with van der Waals surface area (Å²) < 4.78 is 6.34. The predicted molar refractivity (Wildman–Crippen MR) is 220 cm³/mol. The molecule has 51 heavy (non-hydrogen) atoms. The molecule has 0 amide bonds. The lowest BCUT2D eigenvalue weighted by Gasteiger charge is -2.27. The fraction of sp³-hybridized carbons (Fsp3) is 0.160. The summed E-state index contributed by atoms with van der Waals surface area (Å²) in [5.41, 5.74) is 20.4. The van der Waals surface area contributed by atoms with Gasteiger partial charge < -0.3 is 4.42 Å². The van der Waals surface area contributed by atoms with Crippen LogP contribution in [0.5, 0.6) is 0 Å². The lowest BCUT2D eigenvalue weighted by molar-refractivity contribution is 0.669. The first kappa shape index (κ1) is 31.3. The first-order chi connectivity index (χ1) is 24.7. The number of hydrogen-bond donors (Lipinski definition) is 0. The minimum Gasteiger partial charge on any atom is -0.456 e. The first-order valence-electron chi connectivity index (χ1n) is 18.1. The molecule has 0 fully saturated rings. The molecule has 0 N–H and O–H groups in total. The quantitative estimate of drug-likeness (QED) is 0.172. The number of para-hydroxylation sites is 1. The molecule has 9 rings (SSSR count). The van der Waals surface area contributed by atoms with Crippen LogP contribution in [0.3, 0.4) is 0 Å². The van der Waals surface area contributed by atoms with Gasteiger partial charge in [-0.3, -0.25) is 0 Å². The van der Waals surface area contributed by atoms with E-state index in [0.29, 0.717) is 0 Å². The van der Waals surface area contributed by atoms with E-state index in [1.165, 1.54) is 110 Å². The van der Waals surface area contributed by atoms with Crippen molar-refractivity contribution in [3.8, 4) is 33.4 Å². The lowest BCUT2D eigenvalue weighted by atomic mass is 9.76. The van der Waals surface area contributed by atoms with Crippen molar-refractivity contribution in [1.82, 2.24) is 0 Å². The molecule has 0 saturated heterocycles. The van der Waals surface area contributed by atoms with Gasteiger partial charge in [0.1, 0.15) is 11.2 Å². The van der Waals surface area contributed by atoms with Gasteiger partial charge in [0.05, 0.1) is 0 Å². The van der Waals surface area contributed by atoms with Gasteiger partial charge >= 0.3 is 0 Å². The van der Waals surface area contributed by atoms with E-state index in [9.17, 15) is 0 Å². The molecular weight excluding hydrogens is 617 g/mol. The molecule has 0 radical (unpaired) electrons. The zero-order valence-electron chi connectivity index (χ0n) is 30.8. The van der Waals surface area contributed by atoms with Gasteiger partial charge in [-0.05, 0) is 196 Å². The molecule has 1 aromatic heterocycles. The van der Waals surface area contributed by atoms with Crippen molar-refractivity contribution in [1.29, 1.82) is 0 Å². The zero-order chi connectivity index (χ0) is 35.3. The third kappa shape index (κ3) is 4.47. The highest BCUT2D eigenvalue weighted by Gasteiger charge is 2.27. The summed E-state index contributed by atoms with van der Waals surface area (Å²) in [6.07, 6.45) is 0. The molecule has 0 bridgehead atoms.